The van der Waals surface area contributed by atoms with E-state index in [4.69, 9.17) is 9.47 Å². The average molecular weight is 541 g/mol. The summed E-state index contributed by atoms with van der Waals surface area (Å²) in [5.74, 6) is 0.480. The molecule has 0 aliphatic rings. The molecular formula is C23H21BrN6O5. The van der Waals surface area contributed by atoms with E-state index in [1.165, 1.54) is 25.3 Å². The van der Waals surface area contributed by atoms with Crippen molar-refractivity contribution in [1.29, 1.82) is 0 Å². The smallest absolute Gasteiger partial charge is 0.276 e. The van der Waals surface area contributed by atoms with Gasteiger partial charge in [-0.15, -0.1) is 0 Å². The summed E-state index contributed by atoms with van der Waals surface area (Å²) >= 11 is 3.49. The summed E-state index contributed by atoms with van der Waals surface area (Å²) in [6.07, 6.45) is 1.66. The van der Waals surface area contributed by atoms with Gasteiger partial charge >= 0.3 is 0 Å². The van der Waals surface area contributed by atoms with Gasteiger partial charge < -0.3 is 14.8 Å². The molecule has 0 bridgehead atoms. The zero-order chi connectivity index (χ0) is 25.1. The van der Waals surface area contributed by atoms with Crippen molar-refractivity contribution in [3.63, 3.8) is 0 Å². The third-order valence-electron chi connectivity index (χ3n) is 5.10. The summed E-state index contributed by atoms with van der Waals surface area (Å²) < 4.78 is 15.3. The number of rotatable bonds is 8. The number of nitro groups is 1. The fourth-order valence-electron chi connectivity index (χ4n) is 3.36. The number of aromatic nitrogens is 4. The molecule has 4 rings (SSSR count). The summed E-state index contributed by atoms with van der Waals surface area (Å²) in [6.45, 7) is 4.13. The third kappa shape index (κ3) is 5.32. The molecule has 2 aromatic carbocycles. The number of anilines is 1. The molecule has 1 N–H and O–H groups in total. The van der Waals surface area contributed by atoms with Crippen LogP contribution in [0.5, 0.6) is 17.2 Å². The summed E-state index contributed by atoms with van der Waals surface area (Å²) in [4.78, 5) is 23.7. The highest BCUT2D eigenvalue weighted by Crippen LogP contribution is 2.34. The van der Waals surface area contributed by atoms with E-state index in [0.29, 0.717) is 18.2 Å². The molecule has 0 fully saturated rings. The average Bonchev–Trinajstić information content (AvgIpc) is 3.40. The molecule has 0 unspecified atom stereocenters. The lowest BCUT2D eigenvalue weighted by Crippen LogP contribution is -2.16. The van der Waals surface area contributed by atoms with Crippen LogP contribution in [0.3, 0.4) is 0 Å². The SMILES string of the molecule is COc1ccccc1Oc1cc(NC(=O)c2ccn(Cn3nc(C)c(Br)c3C)n2)cc([N+](=O)[O-])c1. The maximum absolute atomic E-state index is 12.8. The van der Waals surface area contributed by atoms with E-state index in [0.717, 1.165) is 15.9 Å². The Bertz CT molecular complexity index is 1410. The fourth-order valence-corrected chi connectivity index (χ4v) is 3.64. The molecular weight excluding hydrogens is 520 g/mol. The van der Waals surface area contributed by atoms with Crippen LogP contribution in [-0.4, -0.2) is 37.5 Å². The second kappa shape index (κ2) is 9.97. The van der Waals surface area contributed by atoms with E-state index in [-0.39, 0.29) is 22.8 Å². The molecule has 11 nitrogen and oxygen atoms in total. The molecule has 4 aromatic rings. The first-order valence-electron chi connectivity index (χ1n) is 10.4. The fraction of sp³-hybridized carbons (Fsp3) is 0.174. The summed E-state index contributed by atoms with van der Waals surface area (Å²) in [7, 11) is 1.49. The zero-order valence-corrected chi connectivity index (χ0v) is 20.6. The van der Waals surface area contributed by atoms with Crippen molar-refractivity contribution in [2.45, 2.75) is 20.5 Å². The Morgan fingerprint density at radius 3 is 2.54 bits per heavy atom. The highest BCUT2D eigenvalue weighted by Gasteiger charge is 2.17. The van der Waals surface area contributed by atoms with Gasteiger partial charge in [0.2, 0.25) is 0 Å². The Balaban J connectivity index is 1.54. The van der Waals surface area contributed by atoms with Gasteiger partial charge in [0, 0.05) is 18.3 Å². The number of carbonyl (C=O) groups excluding carboxylic acids is 1. The van der Waals surface area contributed by atoms with Crippen molar-refractivity contribution in [3.05, 3.63) is 86.4 Å². The van der Waals surface area contributed by atoms with Crippen LogP contribution in [0.15, 0.2) is 59.2 Å². The van der Waals surface area contributed by atoms with Gasteiger partial charge in [0.1, 0.15) is 12.4 Å². The van der Waals surface area contributed by atoms with Crippen LogP contribution < -0.4 is 14.8 Å². The van der Waals surface area contributed by atoms with Gasteiger partial charge in [-0.2, -0.15) is 10.2 Å². The number of nitro benzene ring substituents is 1. The number of hydrogen-bond acceptors (Lipinski definition) is 7. The first-order valence-corrected chi connectivity index (χ1v) is 11.2. The summed E-state index contributed by atoms with van der Waals surface area (Å²) in [5, 5.41) is 22.8. The van der Waals surface area contributed by atoms with Crippen molar-refractivity contribution in [3.8, 4) is 17.2 Å². The largest absolute Gasteiger partial charge is 0.493 e. The normalized spacial score (nSPS) is 10.7. The summed E-state index contributed by atoms with van der Waals surface area (Å²) in [5.41, 5.74) is 1.87. The molecule has 0 spiro atoms. The Labute approximate surface area is 208 Å². The molecule has 2 aromatic heterocycles. The molecule has 1 amide bonds. The predicted molar refractivity (Wildman–Crippen MR) is 131 cm³/mol. The van der Waals surface area contributed by atoms with Crippen LogP contribution in [0.2, 0.25) is 0 Å². The minimum absolute atomic E-state index is 0.143. The van der Waals surface area contributed by atoms with Gasteiger partial charge in [0.05, 0.1) is 39.6 Å². The van der Waals surface area contributed by atoms with Crippen molar-refractivity contribution < 1.29 is 19.2 Å². The number of aryl methyl sites for hydroxylation is 1. The molecule has 180 valence electrons. The zero-order valence-electron chi connectivity index (χ0n) is 19.1. The van der Waals surface area contributed by atoms with E-state index in [1.807, 2.05) is 13.8 Å². The number of carbonyl (C=O) groups is 1. The molecule has 2 heterocycles. The van der Waals surface area contributed by atoms with Crippen LogP contribution >= 0.6 is 15.9 Å². The first-order chi connectivity index (χ1) is 16.7. The second-order valence-electron chi connectivity index (χ2n) is 7.55. The van der Waals surface area contributed by atoms with Gasteiger partial charge in [-0.25, -0.2) is 4.68 Å². The number of non-ortho nitro benzene ring substituents is 1. The number of methoxy groups -OCH3 is 1. The number of benzene rings is 2. The van der Waals surface area contributed by atoms with Crippen molar-refractivity contribution >= 4 is 33.2 Å². The molecule has 0 aliphatic heterocycles. The van der Waals surface area contributed by atoms with E-state index in [2.05, 4.69) is 31.4 Å². The highest BCUT2D eigenvalue weighted by atomic mass is 79.9. The first kappa shape index (κ1) is 24.0. The molecule has 35 heavy (non-hydrogen) atoms. The quantitative estimate of drug-likeness (QED) is 0.248. The van der Waals surface area contributed by atoms with E-state index < -0.39 is 10.8 Å². The van der Waals surface area contributed by atoms with Gasteiger partial charge in [-0.05, 0) is 48.0 Å². The lowest BCUT2D eigenvalue weighted by atomic mass is 10.2. The standard InChI is InChI=1S/C23H21BrN6O5/c1-14-22(24)15(2)29(26-14)13-28-9-8-19(27-28)23(31)25-16-10-17(30(32)33)12-18(11-16)35-21-7-5-4-6-20(21)34-3/h4-12H,13H2,1-3H3,(H,25,31). The van der Waals surface area contributed by atoms with Crippen molar-refractivity contribution in [2.24, 2.45) is 0 Å². The molecule has 0 atom stereocenters. The molecule has 0 radical (unpaired) electrons. The number of ether oxygens (including phenoxy) is 2. The van der Waals surface area contributed by atoms with Crippen LogP contribution in [0.4, 0.5) is 11.4 Å². The number of nitrogens with one attached hydrogen (secondary N) is 1. The minimum Gasteiger partial charge on any atom is -0.493 e. The number of hydrogen-bond donors (Lipinski definition) is 1. The van der Waals surface area contributed by atoms with Crippen LogP contribution in [-0.2, 0) is 6.67 Å². The minimum atomic E-state index is -0.563. The Kier molecular flexibility index (Phi) is 6.82. The van der Waals surface area contributed by atoms with E-state index >= 15 is 0 Å². The Hall–Kier alpha value is -4.19. The second-order valence-corrected chi connectivity index (χ2v) is 8.34. The summed E-state index contributed by atoms with van der Waals surface area (Å²) in [6, 6.07) is 12.5. The van der Waals surface area contributed by atoms with Gasteiger partial charge in [0.25, 0.3) is 11.6 Å². The molecule has 0 aliphatic carbocycles. The Morgan fingerprint density at radius 1 is 1.14 bits per heavy atom. The van der Waals surface area contributed by atoms with E-state index in [1.54, 1.807) is 45.9 Å². The Morgan fingerprint density at radius 2 is 1.89 bits per heavy atom. The van der Waals surface area contributed by atoms with Crippen molar-refractivity contribution in [2.75, 3.05) is 12.4 Å². The lowest BCUT2D eigenvalue weighted by molar-refractivity contribution is -0.384. The molecule has 0 saturated heterocycles. The topological polar surface area (TPSA) is 126 Å². The number of amides is 1. The molecule has 0 saturated carbocycles. The predicted octanol–water partition coefficient (Wildman–Crippen LogP) is 4.93. The van der Waals surface area contributed by atoms with Gasteiger partial charge in [-0.1, -0.05) is 12.1 Å². The van der Waals surface area contributed by atoms with Crippen LogP contribution in [0.1, 0.15) is 21.9 Å². The molecule has 12 heteroatoms. The third-order valence-corrected chi connectivity index (χ3v) is 6.25. The number of para-hydroxylation sites is 2. The maximum Gasteiger partial charge on any atom is 0.276 e. The van der Waals surface area contributed by atoms with Gasteiger partial charge in [-0.3, -0.25) is 19.6 Å². The van der Waals surface area contributed by atoms with E-state index in [9.17, 15) is 14.9 Å². The number of halogens is 1. The maximum atomic E-state index is 12.8. The lowest BCUT2D eigenvalue weighted by Gasteiger charge is -2.11. The highest BCUT2D eigenvalue weighted by molar-refractivity contribution is 9.10. The van der Waals surface area contributed by atoms with Crippen LogP contribution in [0, 0.1) is 24.0 Å². The monoisotopic (exact) mass is 540 g/mol. The van der Waals surface area contributed by atoms with Crippen LogP contribution in [0.25, 0.3) is 0 Å². The number of nitrogens with zero attached hydrogens (tertiary/aromatic N) is 5. The van der Waals surface area contributed by atoms with Crippen molar-refractivity contribution in [1.82, 2.24) is 19.6 Å². The van der Waals surface area contributed by atoms with Gasteiger partial charge in [0.15, 0.2) is 17.2 Å².